The van der Waals surface area contributed by atoms with E-state index in [4.69, 9.17) is 0 Å². The van der Waals surface area contributed by atoms with Crippen molar-refractivity contribution < 1.29 is 0 Å². The molecule has 0 aliphatic carbocycles. The Bertz CT molecular complexity index is 121. The van der Waals surface area contributed by atoms with E-state index in [9.17, 15) is 0 Å². The third kappa shape index (κ3) is 2.01. The Balaban J connectivity index is 2.23. The summed E-state index contributed by atoms with van der Waals surface area (Å²) in [5.74, 6) is 1.86. The van der Waals surface area contributed by atoms with Gasteiger partial charge in [-0.25, -0.2) is 0 Å². The van der Waals surface area contributed by atoms with Crippen LogP contribution in [0.4, 0.5) is 0 Å². The first-order chi connectivity index (χ1) is 5.69. The average Bonchev–Trinajstić information content (AvgIpc) is 1.94. The maximum atomic E-state index is 2.64. The highest BCUT2D eigenvalue weighted by Gasteiger charge is 2.31. The molecule has 0 saturated carbocycles. The summed E-state index contributed by atoms with van der Waals surface area (Å²) in [6.07, 6.45) is 2.64. The van der Waals surface area contributed by atoms with Crippen LogP contribution in [-0.2, 0) is 0 Å². The summed E-state index contributed by atoms with van der Waals surface area (Å²) in [4.78, 5) is 2.64. The van der Waals surface area contributed by atoms with Crippen molar-refractivity contribution in [1.82, 2.24) is 4.90 Å². The van der Waals surface area contributed by atoms with E-state index >= 15 is 0 Å². The number of hydrogen-bond acceptors (Lipinski definition) is 1. The van der Waals surface area contributed by atoms with E-state index in [1.165, 1.54) is 25.9 Å². The smallest absolute Gasteiger partial charge is 0.00902 e. The second kappa shape index (κ2) is 4.27. The van der Waals surface area contributed by atoms with Crippen molar-refractivity contribution in [3.8, 4) is 0 Å². The van der Waals surface area contributed by atoms with Gasteiger partial charge in [0.05, 0.1) is 0 Å². The van der Waals surface area contributed by atoms with Gasteiger partial charge in [0.2, 0.25) is 0 Å². The summed E-state index contributed by atoms with van der Waals surface area (Å²) in [6, 6.07) is 0.861. The molecule has 1 aliphatic heterocycles. The summed E-state index contributed by atoms with van der Waals surface area (Å²) < 4.78 is 0. The quantitative estimate of drug-likeness (QED) is 0.625. The normalized spacial score (nSPS) is 20.5. The Morgan fingerprint density at radius 1 is 1.17 bits per heavy atom. The molecule has 0 aromatic rings. The molecule has 0 amide bonds. The number of rotatable bonds is 4. The molecule has 1 aliphatic rings. The van der Waals surface area contributed by atoms with E-state index in [1.807, 2.05) is 0 Å². The lowest BCUT2D eigenvalue weighted by molar-refractivity contribution is 0.0247. The monoisotopic (exact) mass is 169 g/mol. The van der Waals surface area contributed by atoms with Crippen LogP contribution in [0.2, 0.25) is 0 Å². The van der Waals surface area contributed by atoms with E-state index < -0.39 is 0 Å². The summed E-state index contributed by atoms with van der Waals surface area (Å²) in [5, 5.41) is 0. The van der Waals surface area contributed by atoms with Crippen molar-refractivity contribution in [3.63, 3.8) is 0 Å². The summed E-state index contributed by atoms with van der Waals surface area (Å²) in [7, 11) is 0. The second-order valence-electron chi connectivity index (χ2n) is 4.43. The van der Waals surface area contributed by atoms with Gasteiger partial charge < -0.3 is 0 Å². The van der Waals surface area contributed by atoms with Crippen LogP contribution < -0.4 is 0 Å². The number of likely N-dealkylation sites (tertiary alicyclic amines) is 1. The fourth-order valence-corrected chi connectivity index (χ4v) is 2.07. The van der Waals surface area contributed by atoms with Crippen LogP contribution in [0.1, 0.15) is 40.5 Å². The van der Waals surface area contributed by atoms with Crippen LogP contribution in [0, 0.1) is 11.8 Å². The van der Waals surface area contributed by atoms with Gasteiger partial charge in [0, 0.05) is 19.1 Å². The zero-order chi connectivity index (χ0) is 9.14. The van der Waals surface area contributed by atoms with Gasteiger partial charge in [-0.15, -0.1) is 0 Å². The molecule has 0 aromatic heterocycles. The number of hydrogen-bond donors (Lipinski definition) is 0. The fourth-order valence-electron chi connectivity index (χ4n) is 2.07. The van der Waals surface area contributed by atoms with Gasteiger partial charge in [0.25, 0.3) is 0 Å². The van der Waals surface area contributed by atoms with Gasteiger partial charge in [-0.3, -0.25) is 4.90 Å². The van der Waals surface area contributed by atoms with Crippen LogP contribution in [0.5, 0.6) is 0 Å². The van der Waals surface area contributed by atoms with Gasteiger partial charge in [-0.05, 0) is 24.7 Å². The highest BCUT2D eigenvalue weighted by atomic mass is 15.2. The molecule has 1 fully saturated rings. The molecule has 0 aromatic carbocycles. The van der Waals surface area contributed by atoms with Crippen molar-refractivity contribution in [2.24, 2.45) is 11.8 Å². The van der Waals surface area contributed by atoms with Crippen molar-refractivity contribution in [1.29, 1.82) is 0 Å². The van der Waals surface area contributed by atoms with Crippen molar-refractivity contribution in [2.45, 2.75) is 46.6 Å². The SMILES string of the molecule is CCC(CC)N1CC(C(C)C)C1. The minimum Gasteiger partial charge on any atom is -0.300 e. The second-order valence-corrected chi connectivity index (χ2v) is 4.43. The molecule has 0 spiro atoms. The molecule has 0 atom stereocenters. The van der Waals surface area contributed by atoms with Gasteiger partial charge in [-0.1, -0.05) is 27.7 Å². The first-order valence-corrected chi connectivity index (χ1v) is 5.43. The standard InChI is InChI=1S/C11H23N/c1-5-11(6-2)12-7-10(8-12)9(3)4/h9-11H,5-8H2,1-4H3. The highest BCUT2D eigenvalue weighted by Crippen LogP contribution is 2.27. The average molecular weight is 169 g/mol. The molecule has 1 rings (SSSR count). The lowest BCUT2D eigenvalue weighted by atomic mass is 9.86. The van der Waals surface area contributed by atoms with Gasteiger partial charge >= 0.3 is 0 Å². The lowest BCUT2D eigenvalue weighted by Crippen LogP contribution is -2.53. The molecule has 1 heterocycles. The van der Waals surface area contributed by atoms with Crippen LogP contribution in [0.25, 0.3) is 0 Å². The Labute approximate surface area is 77.1 Å². The van der Waals surface area contributed by atoms with Crippen molar-refractivity contribution >= 4 is 0 Å². The Kier molecular flexibility index (Phi) is 3.57. The van der Waals surface area contributed by atoms with Crippen molar-refractivity contribution in [2.75, 3.05) is 13.1 Å². The molecule has 0 unspecified atom stereocenters. The predicted molar refractivity (Wildman–Crippen MR) is 54.3 cm³/mol. The zero-order valence-electron chi connectivity index (χ0n) is 9.01. The topological polar surface area (TPSA) is 3.24 Å². The summed E-state index contributed by atoms with van der Waals surface area (Å²) in [5.41, 5.74) is 0. The van der Waals surface area contributed by atoms with E-state index in [1.54, 1.807) is 0 Å². The van der Waals surface area contributed by atoms with Gasteiger partial charge in [0.1, 0.15) is 0 Å². The summed E-state index contributed by atoms with van der Waals surface area (Å²) >= 11 is 0. The third-order valence-corrected chi connectivity index (χ3v) is 3.34. The van der Waals surface area contributed by atoms with Crippen LogP contribution in [0.15, 0.2) is 0 Å². The third-order valence-electron chi connectivity index (χ3n) is 3.34. The first kappa shape index (κ1) is 10.0. The van der Waals surface area contributed by atoms with Crippen molar-refractivity contribution in [3.05, 3.63) is 0 Å². The van der Waals surface area contributed by atoms with E-state index in [2.05, 4.69) is 32.6 Å². The van der Waals surface area contributed by atoms with E-state index in [-0.39, 0.29) is 0 Å². The molecule has 1 saturated heterocycles. The molecule has 0 bridgehead atoms. The van der Waals surface area contributed by atoms with Crippen LogP contribution in [0.3, 0.4) is 0 Å². The Hall–Kier alpha value is -0.0400. The van der Waals surface area contributed by atoms with E-state index in [0.717, 1.165) is 17.9 Å². The Morgan fingerprint density at radius 2 is 1.67 bits per heavy atom. The molecule has 72 valence electrons. The summed E-state index contributed by atoms with van der Waals surface area (Å²) in [6.45, 7) is 12.0. The molecule has 0 N–H and O–H groups in total. The molecular weight excluding hydrogens is 146 g/mol. The minimum absolute atomic E-state index is 0.861. The molecular formula is C11H23N. The Morgan fingerprint density at radius 3 is 2.00 bits per heavy atom. The van der Waals surface area contributed by atoms with E-state index in [0.29, 0.717) is 0 Å². The zero-order valence-corrected chi connectivity index (χ0v) is 9.01. The maximum Gasteiger partial charge on any atom is 0.00902 e. The first-order valence-electron chi connectivity index (χ1n) is 5.43. The van der Waals surface area contributed by atoms with Gasteiger partial charge in [0.15, 0.2) is 0 Å². The minimum atomic E-state index is 0.861. The molecule has 1 nitrogen and oxygen atoms in total. The lowest BCUT2D eigenvalue weighted by Gasteiger charge is -2.46. The number of nitrogens with zero attached hydrogens (tertiary/aromatic N) is 1. The molecule has 1 heteroatoms. The predicted octanol–water partition coefficient (Wildman–Crippen LogP) is 2.76. The highest BCUT2D eigenvalue weighted by molar-refractivity contribution is 4.85. The maximum absolute atomic E-state index is 2.64. The van der Waals surface area contributed by atoms with Gasteiger partial charge in [-0.2, -0.15) is 0 Å². The molecule has 12 heavy (non-hydrogen) atoms. The fraction of sp³-hybridized carbons (Fsp3) is 1.00. The van der Waals surface area contributed by atoms with Crippen LogP contribution >= 0.6 is 0 Å². The largest absolute Gasteiger partial charge is 0.300 e. The molecule has 0 radical (unpaired) electrons. The van der Waals surface area contributed by atoms with Crippen LogP contribution in [-0.4, -0.2) is 24.0 Å².